The number of β-amino-alcohol motifs (C(OH)–C–C–N with tert-alkyl or cyclic N) is 1. The fourth-order valence-corrected chi connectivity index (χ4v) is 5.05. The van der Waals surface area contributed by atoms with Crippen molar-refractivity contribution in [3.63, 3.8) is 0 Å². The molecule has 3 saturated heterocycles. The Morgan fingerprint density at radius 1 is 1.29 bits per heavy atom. The first-order chi connectivity index (χ1) is 13.6. The van der Waals surface area contributed by atoms with E-state index in [0.717, 1.165) is 37.2 Å². The van der Waals surface area contributed by atoms with E-state index >= 15 is 0 Å². The summed E-state index contributed by atoms with van der Waals surface area (Å²) in [5.74, 6) is 0.808. The number of rotatable bonds is 6. The van der Waals surface area contributed by atoms with Crippen molar-refractivity contribution in [2.24, 2.45) is 0 Å². The zero-order chi connectivity index (χ0) is 19.6. The molecule has 3 aliphatic heterocycles. The van der Waals surface area contributed by atoms with Gasteiger partial charge >= 0.3 is 6.09 Å². The first kappa shape index (κ1) is 19.5. The highest BCUT2D eigenvalue weighted by atomic mass is 16.6. The second kappa shape index (κ2) is 8.27. The molecular weight excluding hydrogens is 358 g/mol. The van der Waals surface area contributed by atoms with Crippen LogP contribution in [0.5, 0.6) is 5.75 Å². The van der Waals surface area contributed by atoms with Gasteiger partial charge in [0.05, 0.1) is 13.2 Å². The van der Waals surface area contributed by atoms with Gasteiger partial charge in [0.1, 0.15) is 18.0 Å². The van der Waals surface area contributed by atoms with Crippen LogP contribution < -0.4 is 15.4 Å². The molecule has 3 fully saturated rings. The number of nitrogens with zero attached hydrogens (tertiary/aromatic N) is 1. The van der Waals surface area contributed by atoms with Gasteiger partial charge in [0.25, 0.3) is 0 Å². The molecular formula is C21H31N3O4. The third-order valence-electron chi connectivity index (χ3n) is 6.60. The first-order valence-corrected chi connectivity index (χ1v) is 10.3. The summed E-state index contributed by atoms with van der Waals surface area (Å²) in [4.78, 5) is 15.0. The summed E-state index contributed by atoms with van der Waals surface area (Å²) in [6.07, 6.45) is 3.68. The fraction of sp³-hybridized carbons (Fsp3) is 0.667. The third kappa shape index (κ3) is 3.97. The van der Waals surface area contributed by atoms with Crippen molar-refractivity contribution in [2.45, 2.75) is 55.9 Å². The minimum Gasteiger partial charge on any atom is -0.497 e. The summed E-state index contributed by atoms with van der Waals surface area (Å²) < 4.78 is 10.8. The minimum absolute atomic E-state index is 0.109. The Kier molecular flexibility index (Phi) is 5.75. The number of ether oxygens (including phenoxy) is 2. The number of nitrogens with one attached hydrogen (secondary N) is 2. The van der Waals surface area contributed by atoms with Gasteiger partial charge in [-0.25, -0.2) is 4.79 Å². The number of aliphatic hydroxyl groups excluding tert-OH is 1. The molecule has 7 nitrogen and oxygen atoms in total. The first-order valence-electron chi connectivity index (χ1n) is 10.3. The molecule has 0 unspecified atom stereocenters. The molecule has 3 aliphatic rings. The van der Waals surface area contributed by atoms with Crippen LogP contribution in [0.15, 0.2) is 24.3 Å². The van der Waals surface area contributed by atoms with Gasteiger partial charge in [-0.3, -0.25) is 4.90 Å². The largest absolute Gasteiger partial charge is 0.497 e. The lowest BCUT2D eigenvalue weighted by atomic mass is 9.94. The standard InChI is InChI=1S/C21H31N3O4/c1-27-16-6-4-15(5-7-16)12-17-19(18(25)13-22-17)28-20(26)23-14-21-8-2-10-24(21)11-3-9-21/h4-7,17-19,22,25H,2-3,8-14H2,1H3,(H,23,26)/t17-,18+,19+/m1/s1. The van der Waals surface area contributed by atoms with Crippen molar-refractivity contribution >= 4 is 6.09 Å². The zero-order valence-corrected chi connectivity index (χ0v) is 16.5. The molecule has 28 heavy (non-hydrogen) atoms. The third-order valence-corrected chi connectivity index (χ3v) is 6.60. The van der Waals surface area contributed by atoms with E-state index in [1.165, 1.54) is 12.8 Å². The summed E-state index contributed by atoms with van der Waals surface area (Å²) in [6.45, 7) is 3.32. The van der Waals surface area contributed by atoms with Crippen LogP contribution in [0, 0.1) is 0 Å². The number of fused-ring (bicyclic) bond motifs is 1. The summed E-state index contributed by atoms with van der Waals surface area (Å²) >= 11 is 0. The summed E-state index contributed by atoms with van der Waals surface area (Å²) in [6, 6.07) is 7.71. The van der Waals surface area contributed by atoms with Crippen molar-refractivity contribution in [1.82, 2.24) is 15.5 Å². The van der Waals surface area contributed by atoms with E-state index in [9.17, 15) is 9.90 Å². The Labute approximate surface area is 166 Å². The number of amides is 1. The van der Waals surface area contributed by atoms with Crippen molar-refractivity contribution in [1.29, 1.82) is 0 Å². The molecule has 1 aromatic carbocycles. The Hall–Kier alpha value is -1.83. The minimum atomic E-state index is -0.693. The van der Waals surface area contributed by atoms with Gasteiger partial charge in [0.2, 0.25) is 0 Å². The van der Waals surface area contributed by atoms with E-state index in [1.807, 2.05) is 24.3 Å². The molecule has 7 heteroatoms. The Balaban J connectivity index is 1.32. The average Bonchev–Trinajstić information content (AvgIpc) is 3.37. The monoisotopic (exact) mass is 389 g/mol. The number of hydrogen-bond acceptors (Lipinski definition) is 6. The van der Waals surface area contributed by atoms with Gasteiger partial charge < -0.3 is 25.2 Å². The van der Waals surface area contributed by atoms with E-state index in [0.29, 0.717) is 19.5 Å². The van der Waals surface area contributed by atoms with E-state index in [-0.39, 0.29) is 11.6 Å². The highest BCUT2D eigenvalue weighted by molar-refractivity contribution is 5.67. The highest BCUT2D eigenvalue weighted by Gasteiger charge is 2.44. The Morgan fingerprint density at radius 3 is 2.68 bits per heavy atom. The SMILES string of the molecule is COc1ccc(C[C@H]2NC[C@H](O)[C@H]2OC(=O)NCC23CCCN2CCC3)cc1. The van der Waals surface area contributed by atoms with Crippen LogP contribution in [0.1, 0.15) is 31.2 Å². The molecule has 3 atom stereocenters. The predicted octanol–water partition coefficient (Wildman–Crippen LogP) is 1.29. The van der Waals surface area contributed by atoms with E-state index in [4.69, 9.17) is 9.47 Å². The topological polar surface area (TPSA) is 83.1 Å². The van der Waals surface area contributed by atoms with Crippen LogP contribution in [-0.2, 0) is 11.2 Å². The molecule has 1 aromatic rings. The molecule has 154 valence electrons. The Bertz CT molecular complexity index is 671. The molecule has 4 rings (SSSR count). The van der Waals surface area contributed by atoms with Crippen LogP contribution in [0.3, 0.4) is 0 Å². The number of carbonyl (C=O) groups excluding carboxylic acids is 1. The molecule has 0 aromatic heterocycles. The highest BCUT2D eigenvalue weighted by Crippen LogP contribution is 2.38. The fourth-order valence-electron chi connectivity index (χ4n) is 5.05. The smallest absolute Gasteiger partial charge is 0.407 e. The van der Waals surface area contributed by atoms with E-state index < -0.39 is 18.3 Å². The van der Waals surface area contributed by atoms with Crippen molar-refractivity contribution in [3.05, 3.63) is 29.8 Å². The molecule has 3 N–H and O–H groups in total. The maximum atomic E-state index is 12.5. The lowest BCUT2D eigenvalue weighted by Gasteiger charge is -2.32. The molecule has 0 radical (unpaired) electrons. The van der Waals surface area contributed by atoms with Gasteiger partial charge in [0.15, 0.2) is 0 Å². The van der Waals surface area contributed by atoms with Crippen molar-refractivity contribution in [2.75, 3.05) is 33.3 Å². The molecule has 0 bridgehead atoms. The second-order valence-corrected chi connectivity index (χ2v) is 8.28. The quantitative estimate of drug-likeness (QED) is 0.680. The molecule has 0 spiro atoms. The summed E-state index contributed by atoms with van der Waals surface area (Å²) in [7, 11) is 1.64. The maximum Gasteiger partial charge on any atom is 0.407 e. The number of methoxy groups -OCH3 is 1. The Morgan fingerprint density at radius 2 is 2.00 bits per heavy atom. The average molecular weight is 389 g/mol. The van der Waals surface area contributed by atoms with Crippen molar-refractivity contribution in [3.8, 4) is 5.75 Å². The predicted molar refractivity (Wildman–Crippen MR) is 106 cm³/mol. The second-order valence-electron chi connectivity index (χ2n) is 8.28. The normalized spacial score (nSPS) is 28.9. The van der Waals surface area contributed by atoms with Crippen LogP contribution in [-0.4, -0.2) is 73.2 Å². The number of aliphatic hydroxyl groups is 1. The van der Waals surface area contributed by atoms with Crippen LogP contribution >= 0.6 is 0 Å². The van der Waals surface area contributed by atoms with Gasteiger partial charge in [0, 0.05) is 18.6 Å². The van der Waals surface area contributed by atoms with Gasteiger partial charge in [-0.2, -0.15) is 0 Å². The van der Waals surface area contributed by atoms with E-state index in [1.54, 1.807) is 7.11 Å². The van der Waals surface area contributed by atoms with Crippen LogP contribution in [0.25, 0.3) is 0 Å². The van der Waals surface area contributed by atoms with Crippen LogP contribution in [0.4, 0.5) is 4.79 Å². The number of carbonyl (C=O) groups is 1. The van der Waals surface area contributed by atoms with E-state index in [2.05, 4.69) is 15.5 Å². The number of alkyl carbamates (subject to hydrolysis) is 1. The lowest BCUT2D eigenvalue weighted by Crippen LogP contribution is -2.49. The van der Waals surface area contributed by atoms with Gasteiger partial charge in [-0.05, 0) is 62.9 Å². The molecule has 1 amide bonds. The van der Waals surface area contributed by atoms with Gasteiger partial charge in [-0.1, -0.05) is 12.1 Å². The number of hydrogen-bond donors (Lipinski definition) is 3. The van der Waals surface area contributed by atoms with Crippen molar-refractivity contribution < 1.29 is 19.4 Å². The molecule has 3 heterocycles. The molecule has 0 aliphatic carbocycles. The summed E-state index contributed by atoms with van der Waals surface area (Å²) in [5, 5.41) is 16.6. The van der Waals surface area contributed by atoms with Crippen LogP contribution in [0.2, 0.25) is 0 Å². The lowest BCUT2D eigenvalue weighted by molar-refractivity contribution is 0.0174. The summed E-state index contributed by atoms with van der Waals surface area (Å²) in [5.41, 5.74) is 1.22. The zero-order valence-electron chi connectivity index (χ0n) is 16.5. The van der Waals surface area contributed by atoms with Gasteiger partial charge in [-0.15, -0.1) is 0 Å². The number of benzene rings is 1. The molecule has 0 saturated carbocycles. The maximum absolute atomic E-state index is 12.5.